The summed E-state index contributed by atoms with van der Waals surface area (Å²) in [5.41, 5.74) is 2.73. The number of hydrogen-bond donors (Lipinski definition) is 3. The van der Waals surface area contributed by atoms with Gasteiger partial charge in [-0.2, -0.15) is 0 Å². The predicted molar refractivity (Wildman–Crippen MR) is 75.2 cm³/mol. The molecule has 0 saturated heterocycles. The van der Waals surface area contributed by atoms with E-state index in [1.807, 2.05) is 0 Å². The number of benzene rings is 1. The molecule has 0 fully saturated rings. The molecule has 19 heavy (non-hydrogen) atoms. The van der Waals surface area contributed by atoms with Gasteiger partial charge in [-0.1, -0.05) is 25.5 Å². The third-order valence-electron chi connectivity index (χ3n) is 2.51. The molecule has 0 amide bonds. The quantitative estimate of drug-likeness (QED) is 0.359. The third-order valence-corrected chi connectivity index (χ3v) is 4.03. The lowest BCUT2D eigenvalue weighted by Crippen LogP contribution is -2.28. The number of para-hydroxylation sites is 1. The van der Waals surface area contributed by atoms with E-state index in [2.05, 4.69) is 17.1 Å². The average Bonchev–Trinajstić information content (AvgIpc) is 2.42. The highest BCUT2D eigenvalue weighted by atomic mass is 32.2. The molecule has 0 aliphatic heterocycles. The summed E-state index contributed by atoms with van der Waals surface area (Å²) in [6.45, 7) is 3.32. The van der Waals surface area contributed by atoms with Gasteiger partial charge in [0.05, 0.1) is 12.3 Å². The topological polar surface area (TPSA) is 93.4 Å². The summed E-state index contributed by atoms with van der Waals surface area (Å²) in [4.78, 5) is 0.131. The van der Waals surface area contributed by atoms with E-state index in [-0.39, 0.29) is 11.4 Å². The van der Waals surface area contributed by atoms with Crippen molar-refractivity contribution in [2.45, 2.75) is 24.7 Å². The lowest BCUT2D eigenvalue weighted by Gasteiger charge is -2.11. The van der Waals surface area contributed by atoms with Gasteiger partial charge in [0.2, 0.25) is 10.0 Å². The fourth-order valence-corrected chi connectivity index (χ4v) is 2.68. The van der Waals surface area contributed by atoms with Crippen molar-refractivity contribution in [2.24, 2.45) is 5.84 Å². The van der Waals surface area contributed by atoms with Crippen LogP contribution in [-0.4, -0.2) is 28.2 Å². The van der Waals surface area contributed by atoms with Gasteiger partial charge in [0.15, 0.2) is 0 Å². The van der Waals surface area contributed by atoms with E-state index in [4.69, 9.17) is 10.6 Å². The minimum absolute atomic E-state index is 0.131. The number of nitrogen functional groups attached to an aromatic ring is 1. The summed E-state index contributed by atoms with van der Waals surface area (Å²) in [6.07, 6.45) is 2.04. The molecule has 1 rings (SSSR count). The van der Waals surface area contributed by atoms with Gasteiger partial charge < -0.3 is 10.2 Å². The molecule has 7 heteroatoms. The van der Waals surface area contributed by atoms with E-state index >= 15 is 0 Å². The molecule has 0 aliphatic rings. The number of anilines is 1. The van der Waals surface area contributed by atoms with Crippen LogP contribution in [0.25, 0.3) is 0 Å². The van der Waals surface area contributed by atoms with Crippen LogP contribution in [0.3, 0.4) is 0 Å². The zero-order chi connectivity index (χ0) is 14.1. The molecule has 0 saturated carbocycles. The highest BCUT2D eigenvalue weighted by Crippen LogP contribution is 2.18. The molecule has 108 valence electrons. The number of ether oxygens (including phenoxy) is 1. The molecule has 0 spiro atoms. The lowest BCUT2D eigenvalue weighted by atomic mass is 10.3. The van der Waals surface area contributed by atoms with Crippen LogP contribution in [0, 0.1) is 0 Å². The summed E-state index contributed by atoms with van der Waals surface area (Å²) in [6, 6.07) is 6.46. The minimum Gasteiger partial charge on any atom is -0.380 e. The highest BCUT2D eigenvalue weighted by molar-refractivity contribution is 7.89. The molecule has 0 bridgehead atoms. The van der Waals surface area contributed by atoms with E-state index in [0.717, 1.165) is 12.8 Å². The first-order valence-electron chi connectivity index (χ1n) is 6.25. The first-order chi connectivity index (χ1) is 9.11. The molecule has 0 unspecified atom stereocenters. The molecule has 6 nitrogen and oxygen atoms in total. The average molecular weight is 287 g/mol. The lowest BCUT2D eigenvalue weighted by molar-refractivity contribution is 0.136. The van der Waals surface area contributed by atoms with Crippen molar-refractivity contribution in [2.75, 3.05) is 25.2 Å². The molecule has 1 aromatic carbocycles. The Labute approximate surface area is 114 Å². The van der Waals surface area contributed by atoms with Crippen molar-refractivity contribution in [3.05, 3.63) is 24.3 Å². The van der Waals surface area contributed by atoms with E-state index in [0.29, 0.717) is 18.9 Å². The monoisotopic (exact) mass is 287 g/mol. The van der Waals surface area contributed by atoms with Crippen molar-refractivity contribution in [3.8, 4) is 0 Å². The molecule has 0 radical (unpaired) electrons. The van der Waals surface area contributed by atoms with Gasteiger partial charge in [-0.3, -0.25) is 5.84 Å². The Hall–Kier alpha value is -1.15. The largest absolute Gasteiger partial charge is 0.380 e. The molecular formula is C12H21N3O3S. The molecule has 0 aromatic heterocycles. The van der Waals surface area contributed by atoms with Gasteiger partial charge in [0.25, 0.3) is 0 Å². The summed E-state index contributed by atoms with van der Waals surface area (Å²) in [5, 5.41) is 0. The minimum atomic E-state index is -3.57. The Kier molecular flexibility index (Phi) is 6.79. The van der Waals surface area contributed by atoms with Gasteiger partial charge >= 0.3 is 0 Å². The number of hydrogen-bond acceptors (Lipinski definition) is 5. The van der Waals surface area contributed by atoms with E-state index < -0.39 is 10.0 Å². The Balaban J connectivity index is 2.52. The zero-order valence-corrected chi connectivity index (χ0v) is 11.9. The second-order valence-corrected chi connectivity index (χ2v) is 5.74. The molecule has 4 N–H and O–H groups in total. The zero-order valence-electron chi connectivity index (χ0n) is 11.1. The fraction of sp³-hybridized carbons (Fsp3) is 0.500. The van der Waals surface area contributed by atoms with Crippen molar-refractivity contribution < 1.29 is 13.2 Å². The summed E-state index contributed by atoms with van der Waals surface area (Å²) in [7, 11) is -3.57. The maximum Gasteiger partial charge on any atom is 0.242 e. The maximum absolute atomic E-state index is 12.0. The van der Waals surface area contributed by atoms with E-state index in [9.17, 15) is 8.42 Å². The predicted octanol–water partition coefficient (Wildman–Crippen LogP) is 1.07. The Bertz CT molecular complexity index is 477. The molecule has 1 aromatic rings. The Morgan fingerprint density at radius 3 is 2.68 bits per heavy atom. The van der Waals surface area contributed by atoms with Crippen molar-refractivity contribution in [3.63, 3.8) is 0 Å². The highest BCUT2D eigenvalue weighted by Gasteiger charge is 2.16. The summed E-state index contributed by atoms with van der Waals surface area (Å²) in [5.74, 6) is 5.29. The fourth-order valence-electron chi connectivity index (χ4n) is 1.49. The first kappa shape index (κ1) is 15.9. The second-order valence-electron chi connectivity index (χ2n) is 4.00. The number of nitrogens with two attached hydrogens (primary N) is 1. The van der Waals surface area contributed by atoms with E-state index in [1.165, 1.54) is 6.07 Å². The molecule has 0 atom stereocenters. The summed E-state index contributed by atoms with van der Waals surface area (Å²) < 4.78 is 31.9. The van der Waals surface area contributed by atoms with Gasteiger partial charge in [0.1, 0.15) is 4.90 Å². The van der Waals surface area contributed by atoms with Crippen LogP contribution in [0.1, 0.15) is 19.8 Å². The molecular weight excluding hydrogens is 266 g/mol. The Morgan fingerprint density at radius 1 is 1.26 bits per heavy atom. The van der Waals surface area contributed by atoms with Gasteiger partial charge in [-0.05, 0) is 18.6 Å². The number of rotatable bonds is 9. The van der Waals surface area contributed by atoms with Crippen LogP contribution in [0.2, 0.25) is 0 Å². The van der Waals surface area contributed by atoms with Crippen LogP contribution < -0.4 is 16.0 Å². The maximum atomic E-state index is 12.0. The van der Waals surface area contributed by atoms with Gasteiger partial charge in [0, 0.05) is 13.2 Å². The van der Waals surface area contributed by atoms with Crippen LogP contribution >= 0.6 is 0 Å². The van der Waals surface area contributed by atoms with Crippen LogP contribution in [0.5, 0.6) is 0 Å². The van der Waals surface area contributed by atoms with Crippen LogP contribution in [-0.2, 0) is 14.8 Å². The number of unbranched alkanes of at least 4 members (excludes halogenated alkanes) is 1. The van der Waals surface area contributed by atoms with Crippen molar-refractivity contribution in [1.82, 2.24) is 4.72 Å². The van der Waals surface area contributed by atoms with E-state index in [1.54, 1.807) is 18.2 Å². The normalized spacial score (nSPS) is 11.5. The smallest absolute Gasteiger partial charge is 0.242 e. The number of nitrogens with one attached hydrogen (secondary N) is 2. The molecule has 0 heterocycles. The van der Waals surface area contributed by atoms with Crippen LogP contribution in [0.4, 0.5) is 5.69 Å². The first-order valence-corrected chi connectivity index (χ1v) is 7.73. The second kappa shape index (κ2) is 8.11. The number of hydrazine groups is 1. The van der Waals surface area contributed by atoms with Gasteiger partial charge in [-0.15, -0.1) is 0 Å². The Morgan fingerprint density at radius 2 is 2.00 bits per heavy atom. The van der Waals surface area contributed by atoms with Crippen LogP contribution in [0.15, 0.2) is 29.2 Å². The number of sulfonamides is 1. The standard InChI is InChI=1S/C12H21N3O3S/c1-2-3-9-18-10-8-14-19(16,17)12-7-5-4-6-11(12)15-13/h4-7,14-15H,2-3,8-10,13H2,1H3. The third kappa shape index (κ3) is 5.15. The molecule has 0 aliphatic carbocycles. The van der Waals surface area contributed by atoms with Crippen molar-refractivity contribution in [1.29, 1.82) is 0 Å². The van der Waals surface area contributed by atoms with Crippen molar-refractivity contribution >= 4 is 15.7 Å². The summed E-state index contributed by atoms with van der Waals surface area (Å²) >= 11 is 0. The SMILES string of the molecule is CCCCOCCNS(=O)(=O)c1ccccc1NN. The van der Waals surface area contributed by atoms with Gasteiger partial charge in [-0.25, -0.2) is 13.1 Å².